The van der Waals surface area contributed by atoms with Crippen LogP contribution in [0, 0.1) is 0 Å². The Morgan fingerprint density at radius 2 is 2.00 bits per heavy atom. The van der Waals surface area contributed by atoms with Gasteiger partial charge in [0.05, 0.1) is 0 Å². The van der Waals surface area contributed by atoms with Gasteiger partial charge in [0.2, 0.25) is 0 Å². The second kappa shape index (κ2) is 3.54. The fourth-order valence-corrected chi connectivity index (χ4v) is 1.39. The fourth-order valence-electron chi connectivity index (χ4n) is 1.39. The summed E-state index contributed by atoms with van der Waals surface area (Å²) in [5, 5.41) is 3.96. The minimum absolute atomic E-state index is 0.652. The van der Waals surface area contributed by atoms with Gasteiger partial charge in [-0.15, -0.1) is 0 Å². The quantitative estimate of drug-likeness (QED) is 0.787. The van der Waals surface area contributed by atoms with Gasteiger partial charge in [-0.3, -0.25) is 0 Å². The number of nitrogens with zero attached hydrogens (tertiary/aromatic N) is 1. The Morgan fingerprint density at radius 3 is 2.57 bits per heavy atom. The van der Waals surface area contributed by atoms with Crippen LogP contribution in [-0.4, -0.2) is 5.16 Å². The third kappa shape index (κ3) is 1.37. The topological polar surface area (TPSA) is 52.0 Å². The number of aryl methyl sites for hydroxylation is 1. The summed E-state index contributed by atoms with van der Waals surface area (Å²) in [5.41, 5.74) is 8.27. The van der Waals surface area contributed by atoms with Gasteiger partial charge in [-0.25, -0.2) is 0 Å². The summed E-state index contributed by atoms with van der Waals surface area (Å²) in [5.74, 6) is 0.754. The van der Waals surface area contributed by atoms with Crippen LogP contribution in [-0.2, 0) is 6.42 Å². The van der Waals surface area contributed by atoms with E-state index in [1.165, 1.54) is 0 Å². The van der Waals surface area contributed by atoms with Crippen LogP contribution in [0.5, 0.6) is 0 Å². The third-order valence-corrected chi connectivity index (χ3v) is 2.17. The molecule has 1 aromatic carbocycles. The first-order valence-electron chi connectivity index (χ1n) is 4.62. The lowest BCUT2D eigenvalue weighted by Gasteiger charge is -1.95. The van der Waals surface area contributed by atoms with Crippen LogP contribution in [0.3, 0.4) is 0 Å². The second-order valence-corrected chi connectivity index (χ2v) is 3.09. The molecule has 0 spiro atoms. The summed E-state index contributed by atoms with van der Waals surface area (Å²) in [6.07, 6.45) is 0.770. The molecule has 1 aromatic heterocycles. The van der Waals surface area contributed by atoms with Crippen LogP contribution in [0.15, 0.2) is 34.9 Å². The number of nitrogen functional groups attached to an aromatic ring is 1. The van der Waals surface area contributed by atoms with Gasteiger partial charge in [-0.2, -0.15) is 0 Å². The summed E-state index contributed by atoms with van der Waals surface area (Å²) in [4.78, 5) is 0. The highest BCUT2D eigenvalue weighted by Crippen LogP contribution is 2.27. The van der Waals surface area contributed by atoms with Crippen molar-refractivity contribution in [3.8, 4) is 11.3 Å². The molecule has 0 atom stereocenters. The molecule has 3 nitrogen and oxygen atoms in total. The van der Waals surface area contributed by atoms with Crippen molar-refractivity contribution in [2.45, 2.75) is 13.3 Å². The van der Waals surface area contributed by atoms with Crippen molar-refractivity contribution < 1.29 is 4.52 Å². The Balaban J connectivity index is 2.48. The maximum atomic E-state index is 5.89. The van der Waals surface area contributed by atoms with E-state index in [2.05, 4.69) is 5.16 Å². The van der Waals surface area contributed by atoms with Crippen LogP contribution in [0.2, 0.25) is 0 Å². The number of benzene rings is 1. The van der Waals surface area contributed by atoms with Crippen LogP contribution in [0.1, 0.15) is 12.7 Å². The van der Waals surface area contributed by atoms with Gasteiger partial charge in [-0.1, -0.05) is 42.4 Å². The standard InChI is InChI=1S/C11H12N2O/c1-2-9-10(12)11(13-14-9)8-6-4-3-5-7-8/h3-7H,2,12H2,1H3. The van der Waals surface area contributed by atoms with Crippen molar-refractivity contribution >= 4 is 5.69 Å². The van der Waals surface area contributed by atoms with Crippen molar-refractivity contribution in [3.63, 3.8) is 0 Å². The Hall–Kier alpha value is -1.77. The van der Waals surface area contributed by atoms with Crippen molar-refractivity contribution in [3.05, 3.63) is 36.1 Å². The van der Waals surface area contributed by atoms with E-state index >= 15 is 0 Å². The Labute approximate surface area is 82.5 Å². The fraction of sp³-hybridized carbons (Fsp3) is 0.182. The van der Waals surface area contributed by atoms with E-state index in [1.54, 1.807) is 0 Å². The van der Waals surface area contributed by atoms with Crippen molar-refractivity contribution in [1.82, 2.24) is 5.16 Å². The van der Waals surface area contributed by atoms with Crippen LogP contribution < -0.4 is 5.73 Å². The van der Waals surface area contributed by atoms with Gasteiger partial charge in [0, 0.05) is 12.0 Å². The highest BCUT2D eigenvalue weighted by Gasteiger charge is 2.12. The molecule has 2 rings (SSSR count). The number of hydrogen-bond donors (Lipinski definition) is 1. The molecule has 0 unspecified atom stereocenters. The molecule has 2 aromatic rings. The number of nitrogens with two attached hydrogens (primary N) is 1. The average Bonchev–Trinajstić information content (AvgIpc) is 2.61. The van der Waals surface area contributed by atoms with Crippen molar-refractivity contribution in [2.24, 2.45) is 0 Å². The molecule has 0 fully saturated rings. The molecular weight excluding hydrogens is 176 g/mol. The van der Waals surface area contributed by atoms with Crippen LogP contribution >= 0.6 is 0 Å². The molecular formula is C11H12N2O. The summed E-state index contributed by atoms with van der Waals surface area (Å²) in [7, 11) is 0. The zero-order chi connectivity index (χ0) is 9.97. The van der Waals surface area contributed by atoms with Gasteiger partial charge >= 0.3 is 0 Å². The molecule has 0 saturated carbocycles. The number of aromatic nitrogens is 1. The predicted octanol–water partition coefficient (Wildman–Crippen LogP) is 2.49. The molecule has 0 aliphatic heterocycles. The first-order chi connectivity index (χ1) is 6.83. The molecule has 2 N–H and O–H groups in total. The Bertz CT molecular complexity index is 420. The van der Waals surface area contributed by atoms with E-state index < -0.39 is 0 Å². The average molecular weight is 188 g/mol. The zero-order valence-electron chi connectivity index (χ0n) is 8.03. The van der Waals surface area contributed by atoms with Gasteiger partial charge in [0.1, 0.15) is 11.4 Å². The maximum absolute atomic E-state index is 5.89. The first kappa shape index (κ1) is 8.81. The molecule has 0 amide bonds. The van der Waals surface area contributed by atoms with E-state index in [9.17, 15) is 0 Å². The molecule has 0 saturated heterocycles. The van der Waals surface area contributed by atoms with E-state index in [0.717, 1.165) is 23.4 Å². The van der Waals surface area contributed by atoms with E-state index in [4.69, 9.17) is 10.3 Å². The molecule has 0 aliphatic rings. The minimum atomic E-state index is 0.652. The summed E-state index contributed by atoms with van der Waals surface area (Å²) >= 11 is 0. The minimum Gasteiger partial charge on any atom is -0.394 e. The lowest BCUT2D eigenvalue weighted by atomic mass is 10.1. The summed E-state index contributed by atoms with van der Waals surface area (Å²) < 4.78 is 5.12. The molecule has 0 bridgehead atoms. The van der Waals surface area contributed by atoms with Gasteiger partial charge in [0.15, 0.2) is 5.76 Å². The van der Waals surface area contributed by atoms with Gasteiger partial charge in [-0.05, 0) is 0 Å². The number of rotatable bonds is 2. The largest absolute Gasteiger partial charge is 0.394 e. The van der Waals surface area contributed by atoms with Crippen molar-refractivity contribution in [1.29, 1.82) is 0 Å². The number of hydrogen-bond acceptors (Lipinski definition) is 3. The third-order valence-electron chi connectivity index (χ3n) is 2.17. The lowest BCUT2D eigenvalue weighted by Crippen LogP contribution is -1.90. The normalized spacial score (nSPS) is 10.4. The van der Waals surface area contributed by atoms with Crippen LogP contribution in [0.25, 0.3) is 11.3 Å². The molecule has 1 heterocycles. The van der Waals surface area contributed by atoms with Crippen molar-refractivity contribution in [2.75, 3.05) is 5.73 Å². The molecule has 0 aliphatic carbocycles. The highest BCUT2D eigenvalue weighted by molar-refractivity contribution is 5.73. The van der Waals surface area contributed by atoms with E-state index in [0.29, 0.717) is 5.69 Å². The van der Waals surface area contributed by atoms with Crippen LogP contribution in [0.4, 0.5) is 5.69 Å². The van der Waals surface area contributed by atoms with Gasteiger partial charge in [0.25, 0.3) is 0 Å². The maximum Gasteiger partial charge on any atom is 0.159 e. The second-order valence-electron chi connectivity index (χ2n) is 3.09. The molecule has 3 heteroatoms. The first-order valence-corrected chi connectivity index (χ1v) is 4.62. The molecule has 0 radical (unpaired) electrons. The number of anilines is 1. The lowest BCUT2D eigenvalue weighted by molar-refractivity contribution is 0.389. The highest BCUT2D eigenvalue weighted by atomic mass is 16.5. The molecule has 14 heavy (non-hydrogen) atoms. The van der Waals surface area contributed by atoms with Gasteiger partial charge < -0.3 is 10.3 Å². The monoisotopic (exact) mass is 188 g/mol. The predicted molar refractivity (Wildman–Crippen MR) is 55.7 cm³/mol. The smallest absolute Gasteiger partial charge is 0.159 e. The van der Waals surface area contributed by atoms with E-state index in [-0.39, 0.29) is 0 Å². The summed E-state index contributed by atoms with van der Waals surface area (Å²) in [6, 6.07) is 9.80. The molecule has 72 valence electrons. The summed E-state index contributed by atoms with van der Waals surface area (Å²) in [6.45, 7) is 1.99. The Morgan fingerprint density at radius 1 is 1.29 bits per heavy atom. The zero-order valence-corrected chi connectivity index (χ0v) is 8.03. The van der Waals surface area contributed by atoms with E-state index in [1.807, 2.05) is 37.3 Å². The Kier molecular flexibility index (Phi) is 2.23. The SMILES string of the molecule is CCc1onc(-c2ccccc2)c1N.